The molecule has 1 aliphatic heterocycles. The van der Waals surface area contributed by atoms with Gasteiger partial charge in [0, 0.05) is 41.4 Å². The zero-order chi connectivity index (χ0) is 24.4. The van der Waals surface area contributed by atoms with Crippen molar-refractivity contribution in [1.82, 2.24) is 0 Å². The maximum absolute atomic E-state index is 12.9. The molecule has 0 bridgehead atoms. The Morgan fingerprint density at radius 1 is 1.00 bits per heavy atom. The Hall–Kier alpha value is -1.15. The molecular weight excluding hydrogens is 491 g/mol. The van der Waals surface area contributed by atoms with Crippen LogP contribution in [-0.4, -0.2) is 59.8 Å². The summed E-state index contributed by atoms with van der Waals surface area (Å²) in [5.74, 6) is -0.999. The maximum Gasteiger partial charge on any atom is 0.446 e. The molecule has 0 saturated carbocycles. The van der Waals surface area contributed by atoms with E-state index in [1.807, 2.05) is 18.4 Å². The van der Waals surface area contributed by atoms with Crippen LogP contribution in [0.1, 0.15) is 51.5 Å². The molecule has 7 nitrogen and oxygen atoms in total. The molecule has 1 aromatic carbocycles. The molecule has 1 aromatic rings. The SMILES string of the molecule is CC1=[N+](CCCCS(=O)(=O)[O-])c2ccc(SC(F)(F)F)cc2C1(C)CCCCS(=O)(=O)[O-]. The number of nitrogens with zero attached hydrogens (tertiary/aromatic N) is 1. The van der Waals surface area contributed by atoms with Gasteiger partial charge < -0.3 is 9.11 Å². The van der Waals surface area contributed by atoms with Crippen molar-refractivity contribution < 1.29 is 43.7 Å². The number of hydrogen-bond donors (Lipinski definition) is 0. The zero-order valence-electron chi connectivity index (χ0n) is 17.6. The topological polar surface area (TPSA) is 117 Å². The van der Waals surface area contributed by atoms with E-state index in [0.29, 0.717) is 37.1 Å². The van der Waals surface area contributed by atoms with Crippen LogP contribution in [0.2, 0.25) is 0 Å². The molecule has 0 spiro atoms. The largest absolute Gasteiger partial charge is 0.748 e. The van der Waals surface area contributed by atoms with Crippen molar-refractivity contribution in [2.45, 2.75) is 61.8 Å². The number of fused-ring (bicyclic) bond motifs is 1. The fraction of sp³-hybridized carbons (Fsp3) is 0.632. The van der Waals surface area contributed by atoms with Crippen molar-refractivity contribution in [3.63, 3.8) is 0 Å². The van der Waals surface area contributed by atoms with Crippen LogP contribution in [0.3, 0.4) is 0 Å². The zero-order valence-corrected chi connectivity index (χ0v) is 20.1. The van der Waals surface area contributed by atoms with Crippen LogP contribution >= 0.6 is 11.8 Å². The highest BCUT2D eigenvalue weighted by atomic mass is 32.2. The third kappa shape index (κ3) is 7.72. The molecule has 0 aliphatic carbocycles. The predicted octanol–water partition coefficient (Wildman–Crippen LogP) is 3.72. The Labute approximate surface area is 190 Å². The summed E-state index contributed by atoms with van der Waals surface area (Å²) in [6.07, 6.45) is 1.50. The lowest BCUT2D eigenvalue weighted by atomic mass is 9.76. The summed E-state index contributed by atoms with van der Waals surface area (Å²) < 4.78 is 106. The normalized spacial score (nSPS) is 19.5. The number of benzene rings is 1. The van der Waals surface area contributed by atoms with Gasteiger partial charge in [0.2, 0.25) is 5.69 Å². The van der Waals surface area contributed by atoms with E-state index in [-0.39, 0.29) is 29.5 Å². The molecule has 182 valence electrons. The van der Waals surface area contributed by atoms with Crippen molar-refractivity contribution in [1.29, 1.82) is 0 Å². The second-order valence-electron chi connectivity index (χ2n) is 7.98. The van der Waals surface area contributed by atoms with Gasteiger partial charge in [-0.3, -0.25) is 0 Å². The van der Waals surface area contributed by atoms with E-state index in [2.05, 4.69) is 0 Å². The summed E-state index contributed by atoms with van der Waals surface area (Å²) >= 11 is -0.224. The first-order chi connectivity index (χ1) is 14.5. The molecule has 2 rings (SSSR count). The van der Waals surface area contributed by atoms with E-state index in [0.717, 1.165) is 5.71 Å². The second kappa shape index (κ2) is 10.00. The van der Waals surface area contributed by atoms with Crippen LogP contribution in [-0.2, 0) is 25.7 Å². The van der Waals surface area contributed by atoms with Gasteiger partial charge in [0.25, 0.3) is 0 Å². The monoisotopic (exact) mass is 516 g/mol. The van der Waals surface area contributed by atoms with Gasteiger partial charge in [0.15, 0.2) is 5.71 Å². The molecule has 32 heavy (non-hydrogen) atoms. The van der Waals surface area contributed by atoms with Gasteiger partial charge in [-0.1, -0.05) is 6.42 Å². The van der Waals surface area contributed by atoms with Gasteiger partial charge in [0.1, 0.15) is 6.54 Å². The molecule has 0 aromatic heterocycles. The van der Waals surface area contributed by atoms with E-state index >= 15 is 0 Å². The number of halogens is 3. The van der Waals surface area contributed by atoms with Gasteiger partial charge in [-0.15, -0.1) is 0 Å². The third-order valence-corrected chi connectivity index (χ3v) is 7.94. The average molecular weight is 517 g/mol. The minimum Gasteiger partial charge on any atom is -0.748 e. The fourth-order valence-electron chi connectivity index (χ4n) is 3.97. The number of rotatable bonds is 11. The number of unbranched alkanes of at least 4 members (excludes halogenated alkanes) is 2. The Balaban J connectivity index is 2.31. The Bertz CT molecular complexity index is 1080. The van der Waals surface area contributed by atoms with Crippen molar-refractivity contribution in [3.8, 4) is 0 Å². The van der Waals surface area contributed by atoms with Crippen LogP contribution in [0.4, 0.5) is 18.9 Å². The molecule has 0 saturated heterocycles. The maximum atomic E-state index is 12.9. The average Bonchev–Trinajstić information content (AvgIpc) is 2.81. The molecule has 0 fully saturated rings. The molecule has 1 heterocycles. The van der Waals surface area contributed by atoms with Crippen LogP contribution in [0, 0.1) is 0 Å². The summed E-state index contributed by atoms with van der Waals surface area (Å²) in [4.78, 5) is 0.0247. The highest BCUT2D eigenvalue weighted by Gasteiger charge is 2.46. The Morgan fingerprint density at radius 3 is 2.09 bits per heavy atom. The molecule has 1 atom stereocenters. The molecule has 1 unspecified atom stereocenters. The van der Waals surface area contributed by atoms with E-state index in [4.69, 9.17) is 0 Å². The van der Waals surface area contributed by atoms with Gasteiger partial charge in [-0.2, -0.15) is 17.7 Å². The summed E-state index contributed by atoms with van der Waals surface area (Å²) in [5, 5.41) is 0. The first-order valence-corrected chi connectivity index (χ1v) is 13.9. The van der Waals surface area contributed by atoms with Crippen LogP contribution in [0.5, 0.6) is 0 Å². The lowest BCUT2D eigenvalue weighted by Crippen LogP contribution is -2.30. The summed E-state index contributed by atoms with van der Waals surface area (Å²) in [5.41, 5.74) is -2.96. The van der Waals surface area contributed by atoms with E-state index < -0.39 is 42.7 Å². The van der Waals surface area contributed by atoms with Crippen molar-refractivity contribution >= 4 is 43.4 Å². The van der Waals surface area contributed by atoms with Crippen molar-refractivity contribution in [2.75, 3.05) is 18.1 Å². The van der Waals surface area contributed by atoms with Crippen molar-refractivity contribution in [3.05, 3.63) is 23.8 Å². The number of hydrogen-bond acceptors (Lipinski definition) is 7. The van der Waals surface area contributed by atoms with Crippen molar-refractivity contribution in [2.24, 2.45) is 0 Å². The van der Waals surface area contributed by atoms with Crippen LogP contribution in [0.25, 0.3) is 0 Å². The molecule has 0 radical (unpaired) electrons. The first-order valence-electron chi connectivity index (χ1n) is 9.91. The minimum absolute atomic E-state index is 0.0247. The summed E-state index contributed by atoms with van der Waals surface area (Å²) in [6, 6.07) is 4.43. The highest BCUT2D eigenvalue weighted by Crippen LogP contribution is 2.46. The van der Waals surface area contributed by atoms with Gasteiger partial charge in [0.05, 0.1) is 25.7 Å². The lowest BCUT2D eigenvalue weighted by Gasteiger charge is -2.23. The third-order valence-electron chi connectivity index (χ3n) is 5.64. The van der Waals surface area contributed by atoms with Gasteiger partial charge in [-0.25, -0.2) is 16.8 Å². The van der Waals surface area contributed by atoms with E-state index in [1.54, 1.807) is 6.07 Å². The molecule has 13 heteroatoms. The number of alkyl halides is 3. The van der Waals surface area contributed by atoms with Gasteiger partial charge in [-0.05, 0) is 50.1 Å². The standard InChI is InChI=1S/C19H26F3NO6S3/c1-14-18(2,9-3-5-11-31(24,25)26)16-13-15(30-19(20,21)22)7-8-17(16)23(14)10-4-6-12-32(27,28)29/h7-8,13H,3-6,9-12H2,1-2H3,(H-,24,25,26,27,28,29)/p-1. The molecular formula is C19H25F3NO6S3-. The van der Waals surface area contributed by atoms with Crippen LogP contribution in [0.15, 0.2) is 23.1 Å². The minimum atomic E-state index is -4.45. The van der Waals surface area contributed by atoms with Gasteiger partial charge >= 0.3 is 5.51 Å². The molecule has 0 amide bonds. The highest BCUT2D eigenvalue weighted by molar-refractivity contribution is 8.00. The Kier molecular flexibility index (Phi) is 8.47. The van der Waals surface area contributed by atoms with E-state index in [9.17, 15) is 39.1 Å². The molecule has 1 aliphatic rings. The predicted molar refractivity (Wildman–Crippen MR) is 113 cm³/mol. The second-order valence-corrected chi connectivity index (χ2v) is 12.2. The fourth-order valence-corrected chi connectivity index (χ4v) is 5.67. The smallest absolute Gasteiger partial charge is 0.446 e. The van der Waals surface area contributed by atoms with E-state index in [1.165, 1.54) is 12.1 Å². The summed E-state index contributed by atoms with van der Waals surface area (Å²) in [6.45, 7) is 4.06. The summed E-state index contributed by atoms with van der Waals surface area (Å²) in [7, 11) is -8.67. The quantitative estimate of drug-likeness (QED) is 0.190. The lowest BCUT2D eigenvalue weighted by molar-refractivity contribution is -0.439. The first kappa shape index (κ1) is 27.1. The van der Waals surface area contributed by atoms with Crippen LogP contribution < -0.4 is 0 Å². The molecule has 0 N–H and O–H groups in total. The number of thioether (sulfide) groups is 1. The Morgan fingerprint density at radius 2 is 1.56 bits per heavy atom.